The molecule has 2 amide bonds. The lowest BCUT2D eigenvalue weighted by atomic mass is 9.95. The Balaban J connectivity index is 0.00000336. The summed E-state index contributed by atoms with van der Waals surface area (Å²) in [4.78, 5) is 34.0. The number of nitrogens with two attached hydrogens (primary N) is 2. The normalized spacial score (nSPS) is 15.6. The number of aromatic nitrogens is 2. The van der Waals surface area contributed by atoms with E-state index in [1.54, 1.807) is 11.0 Å². The molecule has 1 atom stereocenters. The highest BCUT2D eigenvalue weighted by atomic mass is 35.5. The van der Waals surface area contributed by atoms with Crippen molar-refractivity contribution in [2.75, 3.05) is 11.9 Å². The second-order valence-electron chi connectivity index (χ2n) is 9.01. The number of amides is 2. The number of aromatic amines is 1. The molecule has 1 unspecified atom stereocenters. The number of benzene rings is 2. The molecule has 0 fully saturated rings. The van der Waals surface area contributed by atoms with Crippen LogP contribution < -0.4 is 16.8 Å². The summed E-state index contributed by atoms with van der Waals surface area (Å²) in [5, 5.41) is 4.12. The van der Waals surface area contributed by atoms with Gasteiger partial charge in [0.2, 0.25) is 5.91 Å². The molecule has 0 saturated heterocycles. The minimum absolute atomic E-state index is 0. The predicted octanol–water partition coefficient (Wildman–Crippen LogP) is 4.79. The third-order valence-corrected chi connectivity index (χ3v) is 7.66. The van der Waals surface area contributed by atoms with E-state index in [0.717, 1.165) is 39.6 Å². The molecule has 0 saturated carbocycles. The first-order valence-electron chi connectivity index (χ1n) is 11.3. The Morgan fingerprint density at radius 2 is 2.00 bits per heavy atom. The van der Waals surface area contributed by atoms with Crippen molar-refractivity contribution in [3.63, 3.8) is 0 Å². The monoisotopic (exact) mass is 586 g/mol. The number of primary amides is 1. The van der Waals surface area contributed by atoms with Gasteiger partial charge in [0.05, 0.1) is 21.3 Å². The Morgan fingerprint density at radius 1 is 1.24 bits per heavy atom. The van der Waals surface area contributed by atoms with Gasteiger partial charge in [-0.2, -0.15) is 13.2 Å². The Labute approximate surface area is 229 Å². The third kappa shape index (κ3) is 5.19. The van der Waals surface area contributed by atoms with Crippen molar-refractivity contribution >= 4 is 74.0 Å². The molecule has 202 valence electrons. The van der Waals surface area contributed by atoms with Gasteiger partial charge >= 0.3 is 6.18 Å². The molecule has 1 aliphatic heterocycles. The van der Waals surface area contributed by atoms with E-state index < -0.39 is 29.2 Å². The van der Waals surface area contributed by atoms with Gasteiger partial charge in [0.15, 0.2) is 5.66 Å². The van der Waals surface area contributed by atoms with Gasteiger partial charge < -0.3 is 21.8 Å². The van der Waals surface area contributed by atoms with Crippen molar-refractivity contribution in [2.45, 2.75) is 37.6 Å². The average Bonchev–Trinajstić information content (AvgIpc) is 3.45. The van der Waals surface area contributed by atoms with Crippen molar-refractivity contribution in [3.05, 3.63) is 57.7 Å². The van der Waals surface area contributed by atoms with Crippen LogP contribution in [0.3, 0.4) is 0 Å². The predicted molar refractivity (Wildman–Crippen MR) is 143 cm³/mol. The van der Waals surface area contributed by atoms with Crippen molar-refractivity contribution < 1.29 is 22.8 Å². The number of H-pyrrole nitrogens is 1. The van der Waals surface area contributed by atoms with Crippen molar-refractivity contribution in [2.24, 2.45) is 11.5 Å². The molecule has 5 rings (SSSR count). The molecule has 14 heteroatoms. The van der Waals surface area contributed by atoms with E-state index in [2.05, 4.69) is 15.3 Å². The maximum atomic E-state index is 13.7. The maximum absolute atomic E-state index is 13.7. The van der Waals surface area contributed by atoms with Crippen LogP contribution >= 0.6 is 35.3 Å². The number of thiazole rings is 1. The zero-order valence-electron chi connectivity index (χ0n) is 19.7. The van der Waals surface area contributed by atoms with Gasteiger partial charge in [0, 0.05) is 46.8 Å². The van der Waals surface area contributed by atoms with Crippen LogP contribution in [0.4, 0.5) is 18.9 Å². The summed E-state index contributed by atoms with van der Waals surface area (Å²) in [6.45, 7) is 0.628. The summed E-state index contributed by atoms with van der Waals surface area (Å²) >= 11 is 7.19. The van der Waals surface area contributed by atoms with Gasteiger partial charge in [-0.15, -0.1) is 23.7 Å². The van der Waals surface area contributed by atoms with E-state index in [0.29, 0.717) is 18.0 Å². The van der Waals surface area contributed by atoms with Crippen molar-refractivity contribution in [3.8, 4) is 0 Å². The molecule has 2 aromatic carbocycles. The number of hydrogen-bond donors (Lipinski definition) is 4. The summed E-state index contributed by atoms with van der Waals surface area (Å²) in [6.07, 6.45) is -4.42. The molecular weight excluding hydrogens is 564 g/mol. The number of carbonyl (C=O) groups excluding carboxylic acids is 2. The maximum Gasteiger partial charge on any atom is 0.418 e. The number of anilines is 1. The number of carbonyl (C=O) groups is 2. The summed E-state index contributed by atoms with van der Waals surface area (Å²) in [5.41, 5.74) is 13.1. The molecule has 1 aliphatic rings. The molecule has 0 aliphatic carbocycles. The van der Waals surface area contributed by atoms with Crippen LogP contribution in [-0.4, -0.2) is 38.9 Å². The first kappa shape index (κ1) is 28.1. The van der Waals surface area contributed by atoms with Crippen LogP contribution in [0, 0.1) is 0 Å². The topological polar surface area (TPSA) is 130 Å². The molecule has 6 N–H and O–H groups in total. The highest BCUT2D eigenvalue weighted by molar-refractivity contribution is 7.16. The number of hydrogen-bond acceptors (Lipinski definition) is 6. The molecule has 0 bridgehead atoms. The van der Waals surface area contributed by atoms with E-state index in [-0.39, 0.29) is 47.7 Å². The van der Waals surface area contributed by atoms with Gasteiger partial charge in [0.1, 0.15) is 0 Å². The van der Waals surface area contributed by atoms with E-state index in [1.165, 1.54) is 11.6 Å². The lowest BCUT2D eigenvalue weighted by molar-refractivity contribution is -0.136. The van der Waals surface area contributed by atoms with Crippen molar-refractivity contribution in [1.82, 2.24) is 14.9 Å². The van der Waals surface area contributed by atoms with Crippen LogP contribution in [-0.2, 0) is 28.7 Å². The van der Waals surface area contributed by atoms with Gasteiger partial charge in [-0.3, -0.25) is 14.5 Å². The molecule has 0 radical (unpaired) electrons. The van der Waals surface area contributed by atoms with Crippen molar-refractivity contribution in [1.29, 1.82) is 0 Å². The Morgan fingerprint density at radius 3 is 2.71 bits per heavy atom. The number of fused-ring (bicyclic) bond motifs is 4. The smallest absolute Gasteiger partial charge is 0.370 e. The fraction of sp³-hybridized carbons (Fsp3) is 0.292. The lowest BCUT2D eigenvalue weighted by Gasteiger charge is -2.41. The minimum atomic E-state index is -4.67. The molecule has 38 heavy (non-hydrogen) atoms. The van der Waals surface area contributed by atoms with E-state index >= 15 is 0 Å². The number of alkyl halides is 3. The third-order valence-electron chi connectivity index (χ3n) is 6.65. The second-order valence-corrected chi connectivity index (χ2v) is 10.3. The Bertz CT molecular complexity index is 1540. The van der Waals surface area contributed by atoms with Crippen LogP contribution in [0.5, 0.6) is 0 Å². The minimum Gasteiger partial charge on any atom is -0.370 e. The van der Waals surface area contributed by atoms with Crippen LogP contribution in [0.25, 0.3) is 21.1 Å². The fourth-order valence-electron chi connectivity index (χ4n) is 4.78. The fourth-order valence-corrected chi connectivity index (χ4v) is 5.69. The molecular formula is C24H23Cl2F3N6O2S. The molecule has 2 aromatic heterocycles. The Hall–Kier alpha value is -2.90. The van der Waals surface area contributed by atoms with E-state index in [9.17, 15) is 22.8 Å². The van der Waals surface area contributed by atoms with E-state index in [4.69, 9.17) is 23.1 Å². The summed E-state index contributed by atoms with van der Waals surface area (Å²) < 4.78 is 41.2. The van der Waals surface area contributed by atoms with Crippen LogP contribution in [0.2, 0.25) is 5.02 Å². The van der Waals surface area contributed by atoms with Crippen LogP contribution in [0.15, 0.2) is 35.8 Å². The highest BCUT2D eigenvalue weighted by Crippen LogP contribution is 2.38. The van der Waals surface area contributed by atoms with Crippen LogP contribution in [0.1, 0.15) is 29.7 Å². The van der Waals surface area contributed by atoms with Gasteiger partial charge in [-0.25, -0.2) is 4.98 Å². The first-order chi connectivity index (χ1) is 17.5. The lowest BCUT2D eigenvalue weighted by Crippen LogP contribution is -2.64. The Kier molecular flexibility index (Phi) is 7.65. The molecule has 8 nitrogen and oxygen atoms in total. The van der Waals surface area contributed by atoms with Gasteiger partial charge in [0.25, 0.3) is 5.91 Å². The zero-order valence-corrected chi connectivity index (χ0v) is 22.1. The molecule has 3 heterocycles. The number of rotatable bonds is 6. The number of nitrogens with zero attached hydrogens (tertiary/aromatic N) is 2. The quantitative estimate of drug-likeness (QED) is 0.258. The summed E-state index contributed by atoms with van der Waals surface area (Å²) in [5.74, 6) is -1.39. The SMILES string of the molecule is Cl.NC(=O)CCC(N)(C(=O)Nc1cc(C(F)(F)F)c2ncsc2c1)N1CCc2c([nH]c3ccc(Cl)cc23)C1. The highest BCUT2D eigenvalue weighted by Gasteiger charge is 2.43. The van der Waals surface area contributed by atoms with E-state index in [1.807, 2.05) is 12.1 Å². The standard InChI is InChI=1S/C24H22ClF3N6O2S.ClH/c25-12-1-2-17-15(7-12)14-4-6-34(10-18(14)33-17)23(30,5-3-20(29)35)22(36)32-13-8-16(24(26,27)28)21-19(9-13)37-11-31-21;/h1-2,7-9,11,33H,3-6,10,30H2,(H2,29,35)(H,32,36);1H. The number of nitrogens with one attached hydrogen (secondary N) is 2. The average molecular weight is 587 g/mol. The molecule has 0 spiro atoms. The van der Waals surface area contributed by atoms with Gasteiger partial charge in [-0.1, -0.05) is 11.6 Å². The number of halogens is 5. The first-order valence-corrected chi connectivity index (χ1v) is 12.6. The zero-order chi connectivity index (χ0) is 26.5. The molecule has 4 aromatic rings. The summed E-state index contributed by atoms with van der Waals surface area (Å²) in [7, 11) is 0. The largest absolute Gasteiger partial charge is 0.418 e. The summed E-state index contributed by atoms with van der Waals surface area (Å²) in [6, 6.07) is 7.76. The second kappa shape index (κ2) is 10.3. The van der Waals surface area contributed by atoms with Gasteiger partial charge in [-0.05, 0) is 48.7 Å².